The van der Waals surface area contributed by atoms with Gasteiger partial charge in [-0.25, -0.2) is 0 Å². The van der Waals surface area contributed by atoms with Gasteiger partial charge in [-0.3, -0.25) is 0 Å². The molecule has 0 aromatic heterocycles. The maximum Gasteiger partial charge on any atom is 0.0693 e. The van der Waals surface area contributed by atoms with Crippen LogP contribution in [0.5, 0.6) is 0 Å². The molecule has 2 aliphatic carbocycles. The second-order valence-corrected chi connectivity index (χ2v) is 5.48. The fourth-order valence-electron chi connectivity index (χ4n) is 3.28. The minimum absolute atomic E-state index is 0.118. The number of aliphatic hydroxyl groups excluding tert-OH is 1. The molecule has 1 aromatic rings. The van der Waals surface area contributed by atoms with Crippen LogP contribution in [0.3, 0.4) is 0 Å². The molecular weight excluding hydrogens is 210 g/mol. The fourth-order valence-corrected chi connectivity index (χ4v) is 3.28. The molecule has 0 bridgehead atoms. The van der Waals surface area contributed by atoms with Crippen molar-refractivity contribution in [3.63, 3.8) is 0 Å². The van der Waals surface area contributed by atoms with E-state index < -0.39 is 0 Å². The lowest BCUT2D eigenvalue weighted by Gasteiger charge is -2.29. The van der Waals surface area contributed by atoms with E-state index in [1.165, 1.54) is 30.4 Å². The molecule has 3 atom stereocenters. The summed E-state index contributed by atoms with van der Waals surface area (Å²) < 4.78 is 0. The summed E-state index contributed by atoms with van der Waals surface area (Å²) in [6.45, 7) is 0. The molecule has 2 heteroatoms. The average Bonchev–Trinajstić information content (AvgIpc) is 2.75. The van der Waals surface area contributed by atoms with Gasteiger partial charge in [0.1, 0.15) is 0 Å². The summed E-state index contributed by atoms with van der Waals surface area (Å²) in [5.41, 5.74) is 3.00. The Kier molecular flexibility index (Phi) is 3.17. The zero-order chi connectivity index (χ0) is 11.7. The summed E-state index contributed by atoms with van der Waals surface area (Å²) in [6.07, 6.45) is 6.67. The van der Waals surface area contributed by atoms with Crippen molar-refractivity contribution < 1.29 is 5.11 Å². The van der Waals surface area contributed by atoms with Gasteiger partial charge in [0.15, 0.2) is 0 Å². The highest BCUT2D eigenvalue weighted by Crippen LogP contribution is 2.24. The van der Waals surface area contributed by atoms with Gasteiger partial charge in [-0.05, 0) is 49.7 Å². The van der Waals surface area contributed by atoms with Crippen molar-refractivity contribution in [1.29, 1.82) is 0 Å². The Morgan fingerprint density at radius 2 is 1.88 bits per heavy atom. The van der Waals surface area contributed by atoms with E-state index in [4.69, 9.17) is 0 Å². The van der Waals surface area contributed by atoms with E-state index in [1.54, 1.807) is 0 Å². The molecule has 92 valence electrons. The Morgan fingerprint density at radius 3 is 2.65 bits per heavy atom. The highest BCUT2D eigenvalue weighted by Gasteiger charge is 2.28. The second-order valence-electron chi connectivity index (χ2n) is 5.48. The van der Waals surface area contributed by atoms with Crippen molar-refractivity contribution in [2.45, 2.75) is 56.7 Å². The Morgan fingerprint density at radius 1 is 1.06 bits per heavy atom. The minimum atomic E-state index is -0.118. The molecule has 2 N–H and O–H groups in total. The summed E-state index contributed by atoms with van der Waals surface area (Å²) in [5.74, 6) is 0. The first-order chi connectivity index (χ1) is 8.33. The molecule has 0 aliphatic heterocycles. The van der Waals surface area contributed by atoms with Crippen molar-refractivity contribution in [2.75, 3.05) is 0 Å². The van der Waals surface area contributed by atoms with Crippen molar-refractivity contribution in [3.05, 3.63) is 35.4 Å². The minimum Gasteiger partial charge on any atom is -0.392 e. The van der Waals surface area contributed by atoms with E-state index >= 15 is 0 Å². The first kappa shape index (κ1) is 11.2. The van der Waals surface area contributed by atoms with Gasteiger partial charge < -0.3 is 10.4 Å². The van der Waals surface area contributed by atoms with E-state index in [2.05, 4.69) is 29.6 Å². The zero-order valence-electron chi connectivity index (χ0n) is 10.2. The van der Waals surface area contributed by atoms with E-state index in [-0.39, 0.29) is 6.10 Å². The average molecular weight is 231 g/mol. The molecule has 3 rings (SSSR count). The third-order valence-electron chi connectivity index (χ3n) is 4.28. The fraction of sp³-hybridized carbons (Fsp3) is 0.600. The monoisotopic (exact) mass is 231 g/mol. The van der Waals surface area contributed by atoms with Crippen molar-refractivity contribution in [2.24, 2.45) is 0 Å². The van der Waals surface area contributed by atoms with Crippen LogP contribution in [0.15, 0.2) is 24.3 Å². The van der Waals surface area contributed by atoms with Gasteiger partial charge >= 0.3 is 0 Å². The lowest BCUT2D eigenvalue weighted by Crippen LogP contribution is -2.45. The molecule has 1 saturated carbocycles. The van der Waals surface area contributed by atoms with Crippen LogP contribution in [0, 0.1) is 0 Å². The lowest BCUT2D eigenvalue weighted by molar-refractivity contribution is 0.141. The number of aliphatic hydroxyl groups is 1. The molecular formula is C15H21NO. The summed E-state index contributed by atoms with van der Waals surface area (Å²) in [6, 6.07) is 9.65. The SMILES string of the molecule is O[C@@H]1CCC[C@H]1NC1CCc2ccccc2C1. The topological polar surface area (TPSA) is 32.3 Å². The quantitative estimate of drug-likeness (QED) is 0.816. The molecule has 17 heavy (non-hydrogen) atoms. The highest BCUT2D eigenvalue weighted by molar-refractivity contribution is 5.30. The number of rotatable bonds is 2. The smallest absolute Gasteiger partial charge is 0.0693 e. The Labute approximate surface area is 103 Å². The van der Waals surface area contributed by atoms with Crippen LogP contribution in [0.1, 0.15) is 36.8 Å². The second kappa shape index (κ2) is 4.79. The number of hydrogen-bond donors (Lipinski definition) is 2. The maximum absolute atomic E-state index is 9.85. The molecule has 0 amide bonds. The van der Waals surface area contributed by atoms with E-state index in [0.717, 1.165) is 19.3 Å². The zero-order valence-corrected chi connectivity index (χ0v) is 10.2. The Bertz CT molecular complexity index is 390. The standard InChI is InChI=1S/C15H21NO/c17-15-7-3-6-14(15)16-13-9-8-11-4-1-2-5-12(11)10-13/h1-2,4-5,13-17H,3,6-10H2/t13?,14-,15-/m1/s1. The van der Waals surface area contributed by atoms with Crippen LogP contribution in [0.4, 0.5) is 0 Å². The van der Waals surface area contributed by atoms with Crippen LogP contribution in [-0.2, 0) is 12.8 Å². The summed E-state index contributed by atoms with van der Waals surface area (Å²) in [5, 5.41) is 13.5. The molecule has 0 spiro atoms. The Balaban J connectivity index is 1.64. The molecule has 0 radical (unpaired) electrons. The first-order valence-electron chi connectivity index (χ1n) is 6.84. The Hall–Kier alpha value is -0.860. The molecule has 1 aromatic carbocycles. The number of benzene rings is 1. The predicted octanol–water partition coefficient (Wildman–Crippen LogP) is 2.05. The molecule has 0 saturated heterocycles. The van der Waals surface area contributed by atoms with Crippen LogP contribution < -0.4 is 5.32 Å². The van der Waals surface area contributed by atoms with E-state index in [1.807, 2.05) is 0 Å². The van der Waals surface area contributed by atoms with Crippen LogP contribution in [0.2, 0.25) is 0 Å². The summed E-state index contributed by atoms with van der Waals surface area (Å²) >= 11 is 0. The number of nitrogens with one attached hydrogen (secondary N) is 1. The van der Waals surface area contributed by atoms with Crippen LogP contribution in [0.25, 0.3) is 0 Å². The van der Waals surface area contributed by atoms with Gasteiger partial charge in [-0.1, -0.05) is 24.3 Å². The van der Waals surface area contributed by atoms with Crippen molar-refractivity contribution in [3.8, 4) is 0 Å². The van der Waals surface area contributed by atoms with Crippen LogP contribution >= 0.6 is 0 Å². The third kappa shape index (κ3) is 2.38. The molecule has 2 nitrogen and oxygen atoms in total. The highest BCUT2D eigenvalue weighted by atomic mass is 16.3. The van der Waals surface area contributed by atoms with Gasteiger partial charge in [0.2, 0.25) is 0 Å². The largest absolute Gasteiger partial charge is 0.392 e. The van der Waals surface area contributed by atoms with Gasteiger partial charge in [0.25, 0.3) is 0 Å². The van der Waals surface area contributed by atoms with Crippen molar-refractivity contribution in [1.82, 2.24) is 5.32 Å². The summed E-state index contributed by atoms with van der Waals surface area (Å²) in [7, 11) is 0. The molecule has 1 unspecified atom stereocenters. The molecule has 1 fully saturated rings. The van der Waals surface area contributed by atoms with Gasteiger partial charge in [-0.15, -0.1) is 0 Å². The first-order valence-corrected chi connectivity index (χ1v) is 6.84. The predicted molar refractivity (Wildman–Crippen MR) is 69.0 cm³/mol. The summed E-state index contributed by atoms with van der Waals surface area (Å²) in [4.78, 5) is 0. The molecule has 2 aliphatic rings. The maximum atomic E-state index is 9.85. The van der Waals surface area contributed by atoms with E-state index in [9.17, 15) is 5.11 Å². The number of fused-ring (bicyclic) bond motifs is 1. The number of hydrogen-bond acceptors (Lipinski definition) is 2. The third-order valence-corrected chi connectivity index (χ3v) is 4.28. The number of aryl methyl sites for hydroxylation is 1. The van der Waals surface area contributed by atoms with Gasteiger partial charge in [0.05, 0.1) is 6.10 Å². The van der Waals surface area contributed by atoms with Crippen LogP contribution in [-0.4, -0.2) is 23.3 Å². The normalized spacial score (nSPS) is 32.4. The molecule has 0 heterocycles. The van der Waals surface area contributed by atoms with Gasteiger partial charge in [0, 0.05) is 12.1 Å². The van der Waals surface area contributed by atoms with Gasteiger partial charge in [-0.2, -0.15) is 0 Å². The lowest BCUT2D eigenvalue weighted by atomic mass is 9.88. The van der Waals surface area contributed by atoms with E-state index in [0.29, 0.717) is 12.1 Å². The van der Waals surface area contributed by atoms with Crippen molar-refractivity contribution >= 4 is 0 Å².